The number of rotatable bonds is 7. The third-order valence-electron chi connectivity index (χ3n) is 3.65. The van der Waals surface area contributed by atoms with E-state index in [1.807, 2.05) is 13.8 Å². The minimum Gasteiger partial charge on any atom is -0.490 e. The van der Waals surface area contributed by atoms with E-state index in [9.17, 15) is 13.2 Å². The zero-order valence-electron chi connectivity index (χ0n) is 14.6. The van der Waals surface area contributed by atoms with Crippen LogP contribution < -0.4 is 9.47 Å². The van der Waals surface area contributed by atoms with Crippen LogP contribution in [-0.4, -0.2) is 63.1 Å². The molecule has 0 amide bonds. The molecule has 1 fully saturated rings. The standard InChI is InChI=1S/C16H23NO6S2/c1-4-22-13-7-6-12(10-14(13)23-5-2)25(19,20)17-8-9-24-15(11-17)16(18)21-3/h6-7,10,15H,4-5,8-9,11H2,1-3H3/t15-/m0/s1. The number of methoxy groups -OCH3 is 1. The van der Waals surface area contributed by atoms with Gasteiger partial charge in [-0.25, -0.2) is 8.42 Å². The van der Waals surface area contributed by atoms with Crippen molar-refractivity contribution in [3.63, 3.8) is 0 Å². The smallest absolute Gasteiger partial charge is 0.320 e. The molecule has 1 heterocycles. The maximum atomic E-state index is 12.9. The fraction of sp³-hybridized carbons (Fsp3) is 0.562. The molecule has 140 valence electrons. The van der Waals surface area contributed by atoms with Crippen molar-refractivity contribution in [3.05, 3.63) is 18.2 Å². The quantitative estimate of drug-likeness (QED) is 0.657. The van der Waals surface area contributed by atoms with Gasteiger partial charge in [0.15, 0.2) is 11.5 Å². The van der Waals surface area contributed by atoms with Gasteiger partial charge in [0, 0.05) is 24.9 Å². The summed E-state index contributed by atoms with van der Waals surface area (Å²) in [5.41, 5.74) is 0. The Labute approximate surface area is 152 Å². The second kappa shape index (κ2) is 8.77. The van der Waals surface area contributed by atoms with Crippen molar-refractivity contribution < 1.29 is 27.4 Å². The fourth-order valence-corrected chi connectivity index (χ4v) is 5.27. The van der Waals surface area contributed by atoms with Crippen molar-refractivity contribution in [2.75, 3.05) is 39.2 Å². The number of thioether (sulfide) groups is 1. The molecule has 0 spiro atoms. The largest absolute Gasteiger partial charge is 0.490 e. The molecule has 7 nitrogen and oxygen atoms in total. The summed E-state index contributed by atoms with van der Waals surface area (Å²) in [5, 5.41) is -0.511. The Morgan fingerprint density at radius 2 is 1.92 bits per heavy atom. The molecule has 1 aromatic carbocycles. The lowest BCUT2D eigenvalue weighted by atomic mass is 10.3. The number of hydrogen-bond donors (Lipinski definition) is 0. The lowest BCUT2D eigenvalue weighted by Crippen LogP contribution is -2.44. The van der Waals surface area contributed by atoms with E-state index < -0.39 is 21.2 Å². The SMILES string of the molecule is CCOc1ccc(S(=O)(=O)N2CCS[C@H](C(=O)OC)C2)cc1OCC. The summed E-state index contributed by atoms with van der Waals surface area (Å²) in [6, 6.07) is 4.56. The molecule has 25 heavy (non-hydrogen) atoms. The van der Waals surface area contributed by atoms with Crippen LogP contribution in [0.15, 0.2) is 23.1 Å². The van der Waals surface area contributed by atoms with Gasteiger partial charge in [-0.1, -0.05) is 0 Å². The Balaban J connectivity index is 2.29. The topological polar surface area (TPSA) is 82.1 Å². The van der Waals surface area contributed by atoms with Crippen LogP contribution in [0.5, 0.6) is 11.5 Å². The first kappa shape index (κ1) is 19.9. The molecule has 1 aromatic rings. The Morgan fingerprint density at radius 3 is 2.56 bits per heavy atom. The van der Waals surface area contributed by atoms with E-state index in [0.717, 1.165) is 0 Å². The van der Waals surface area contributed by atoms with E-state index in [4.69, 9.17) is 14.2 Å². The minimum absolute atomic E-state index is 0.0941. The van der Waals surface area contributed by atoms with Gasteiger partial charge >= 0.3 is 5.97 Å². The highest BCUT2D eigenvalue weighted by atomic mass is 32.2. The molecule has 0 bridgehead atoms. The van der Waals surface area contributed by atoms with Gasteiger partial charge in [-0.3, -0.25) is 4.79 Å². The molecule has 1 saturated heterocycles. The minimum atomic E-state index is -3.73. The maximum absolute atomic E-state index is 12.9. The van der Waals surface area contributed by atoms with E-state index in [-0.39, 0.29) is 11.4 Å². The average Bonchev–Trinajstić information content (AvgIpc) is 2.63. The zero-order chi connectivity index (χ0) is 18.4. The molecule has 1 aliphatic rings. The Hall–Kier alpha value is -1.45. The van der Waals surface area contributed by atoms with Gasteiger partial charge < -0.3 is 14.2 Å². The predicted octanol–water partition coefficient (Wildman–Crippen LogP) is 1.76. The van der Waals surface area contributed by atoms with Gasteiger partial charge in [-0.2, -0.15) is 4.31 Å². The predicted molar refractivity (Wildman–Crippen MR) is 95.8 cm³/mol. The molecule has 0 aliphatic carbocycles. The summed E-state index contributed by atoms with van der Waals surface area (Å²) < 4.78 is 42.9. The maximum Gasteiger partial charge on any atom is 0.320 e. The summed E-state index contributed by atoms with van der Waals surface area (Å²) in [7, 11) is -2.43. The highest BCUT2D eigenvalue weighted by Crippen LogP contribution is 2.32. The lowest BCUT2D eigenvalue weighted by molar-refractivity contribution is -0.140. The number of carbonyl (C=O) groups excluding carboxylic acids is 1. The van der Waals surface area contributed by atoms with Gasteiger partial charge in [-0.05, 0) is 26.0 Å². The fourth-order valence-electron chi connectivity index (χ4n) is 2.46. The molecule has 0 unspecified atom stereocenters. The first-order chi connectivity index (χ1) is 11.9. The van der Waals surface area contributed by atoms with Crippen molar-refractivity contribution in [1.82, 2.24) is 4.31 Å². The molecular formula is C16H23NO6S2. The number of esters is 1. The second-order valence-corrected chi connectivity index (χ2v) is 8.47. The number of carbonyl (C=O) groups is 1. The second-order valence-electron chi connectivity index (χ2n) is 5.22. The van der Waals surface area contributed by atoms with Crippen LogP contribution in [0, 0.1) is 0 Å². The molecule has 1 atom stereocenters. The third kappa shape index (κ3) is 4.59. The number of benzene rings is 1. The van der Waals surface area contributed by atoms with Crippen molar-refractivity contribution in [2.24, 2.45) is 0 Å². The summed E-state index contributed by atoms with van der Waals surface area (Å²) in [4.78, 5) is 11.9. The van der Waals surface area contributed by atoms with Crippen molar-refractivity contribution >= 4 is 27.8 Å². The summed E-state index contributed by atoms with van der Waals surface area (Å²) in [6.45, 7) is 4.96. The van der Waals surface area contributed by atoms with Crippen LogP contribution in [-0.2, 0) is 19.6 Å². The third-order valence-corrected chi connectivity index (χ3v) is 6.67. The summed E-state index contributed by atoms with van der Waals surface area (Å²) in [6.07, 6.45) is 0. The van der Waals surface area contributed by atoms with Crippen molar-refractivity contribution in [1.29, 1.82) is 0 Å². The average molecular weight is 389 g/mol. The van der Waals surface area contributed by atoms with Gasteiger partial charge in [0.1, 0.15) is 5.25 Å². The molecule has 2 rings (SSSR count). The van der Waals surface area contributed by atoms with Crippen LogP contribution in [0.2, 0.25) is 0 Å². The number of hydrogen-bond acceptors (Lipinski definition) is 7. The number of sulfonamides is 1. The summed E-state index contributed by atoms with van der Waals surface area (Å²) in [5.74, 6) is 1.02. The van der Waals surface area contributed by atoms with E-state index in [1.54, 1.807) is 6.07 Å². The van der Waals surface area contributed by atoms with Gasteiger partial charge in [0.2, 0.25) is 10.0 Å². The first-order valence-electron chi connectivity index (χ1n) is 8.03. The monoisotopic (exact) mass is 389 g/mol. The highest BCUT2D eigenvalue weighted by Gasteiger charge is 2.34. The van der Waals surface area contributed by atoms with Gasteiger partial charge in [-0.15, -0.1) is 11.8 Å². The van der Waals surface area contributed by atoms with Crippen molar-refractivity contribution in [3.8, 4) is 11.5 Å². The van der Waals surface area contributed by atoms with Gasteiger partial charge in [0.25, 0.3) is 0 Å². The Morgan fingerprint density at radius 1 is 1.24 bits per heavy atom. The molecule has 0 aromatic heterocycles. The molecule has 9 heteroatoms. The van der Waals surface area contributed by atoms with Crippen molar-refractivity contribution in [2.45, 2.75) is 24.0 Å². The Kier molecular flexibility index (Phi) is 6.97. The van der Waals surface area contributed by atoms with E-state index in [1.165, 1.54) is 35.3 Å². The molecule has 0 saturated carbocycles. The molecule has 0 radical (unpaired) electrons. The van der Waals surface area contributed by atoms with Crippen LogP contribution in [0.4, 0.5) is 0 Å². The van der Waals surface area contributed by atoms with Gasteiger partial charge in [0.05, 0.1) is 25.2 Å². The molecule has 0 N–H and O–H groups in total. The Bertz CT molecular complexity index is 707. The molecule has 1 aliphatic heterocycles. The zero-order valence-corrected chi connectivity index (χ0v) is 16.2. The first-order valence-corrected chi connectivity index (χ1v) is 10.5. The number of ether oxygens (including phenoxy) is 3. The molecular weight excluding hydrogens is 366 g/mol. The van der Waals surface area contributed by atoms with E-state index in [2.05, 4.69) is 0 Å². The van der Waals surface area contributed by atoms with Crippen LogP contribution in [0.3, 0.4) is 0 Å². The van der Waals surface area contributed by atoms with Crippen LogP contribution >= 0.6 is 11.8 Å². The normalized spacial score (nSPS) is 18.6. The van der Waals surface area contributed by atoms with E-state index >= 15 is 0 Å². The summed E-state index contributed by atoms with van der Waals surface area (Å²) >= 11 is 1.41. The van der Waals surface area contributed by atoms with Crippen LogP contribution in [0.25, 0.3) is 0 Å². The number of nitrogens with zero attached hydrogens (tertiary/aromatic N) is 1. The van der Waals surface area contributed by atoms with E-state index in [0.29, 0.717) is 37.0 Å². The highest BCUT2D eigenvalue weighted by molar-refractivity contribution is 8.00. The lowest BCUT2D eigenvalue weighted by Gasteiger charge is -2.30. The van der Waals surface area contributed by atoms with Crippen LogP contribution in [0.1, 0.15) is 13.8 Å².